The maximum Gasteiger partial charge on any atom is 0.374 e. The summed E-state index contributed by atoms with van der Waals surface area (Å²) < 4.78 is 10.4. The Morgan fingerprint density at radius 3 is 2.21 bits per heavy atom. The van der Waals surface area contributed by atoms with E-state index in [2.05, 4.69) is 6.92 Å². The first kappa shape index (κ1) is 23.2. The topological polar surface area (TPSA) is 52.6 Å². The molecule has 1 aromatic carbocycles. The van der Waals surface area contributed by atoms with Gasteiger partial charge in [0.05, 0.1) is 12.5 Å². The highest BCUT2D eigenvalue weighted by Crippen LogP contribution is 2.36. The molecule has 160 valence electrons. The van der Waals surface area contributed by atoms with Crippen LogP contribution >= 0.6 is 0 Å². The van der Waals surface area contributed by atoms with Crippen LogP contribution in [0.15, 0.2) is 36.1 Å². The van der Waals surface area contributed by atoms with Crippen molar-refractivity contribution in [1.29, 1.82) is 0 Å². The third-order valence-corrected chi connectivity index (χ3v) is 5.59. The fourth-order valence-electron chi connectivity index (χ4n) is 3.87. The molecule has 0 spiro atoms. The van der Waals surface area contributed by atoms with Crippen LogP contribution in [-0.2, 0) is 19.1 Å². The van der Waals surface area contributed by atoms with E-state index in [1.54, 1.807) is 13.0 Å². The van der Waals surface area contributed by atoms with E-state index in [4.69, 9.17) is 9.47 Å². The van der Waals surface area contributed by atoms with Gasteiger partial charge in [0.2, 0.25) is 5.76 Å². The Labute approximate surface area is 175 Å². The van der Waals surface area contributed by atoms with E-state index in [1.807, 2.05) is 31.2 Å². The Morgan fingerprint density at radius 2 is 1.59 bits per heavy atom. The maximum absolute atomic E-state index is 12.7. The molecule has 1 aliphatic rings. The Morgan fingerprint density at radius 1 is 0.966 bits per heavy atom. The number of ether oxygens (including phenoxy) is 2. The van der Waals surface area contributed by atoms with Crippen LogP contribution < -0.4 is 0 Å². The molecule has 2 rings (SSSR count). The molecule has 0 fully saturated rings. The number of aryl methyl sites for hydroxylation is 1. The lowest BCUT2D eigenvalue weighted by Gasteiger charge is -2.28. The fourth-order valence-corrected chi connectivity index (χ4v) is 3.87. The van der Waals surface area contributed by atoms with Gasteiger partial charge < -0.3 is 9.47 Å². The number of hydrogen-bond acceptors (Lipinski definition) is 4. The average molecular weight is 401 g/mol. The molecule has 2 atom stereocenters. The predicted octanol–water partition coefficient (Wildman–Crippen LogP) is 6.23. The first-order valence-corrected chi connectivity index (χ1v) is 11.2. The van der Waals surface area contributed by atoms with E-state index in [9.17, 15) is 9.59 Å². The number of carbonyl (C=O) groups excluding carboxylic acids is 2. The summed E-state index contributed by atoms with van der Waals surface area (Å²) in [5.74, 6) is -1.26. The summed E-state index contributed by atoms with van der Waals surface area (Å²) in [4.78, 5) is 24.9. The van der Waals surface area contributed by atoms with Gasteiger partial charge in [-0.1, -0.05) is 88.1 Å². The molecule has 0 radical (unpaired) electrons. The zero-order chi connectivity index (χ0) is 21.1. The maximum atomic E-state index is 12.7. The second-order valence-corrected chi connectivity index (χ2v) is 7.98. The van der Waals surface area contributed by atoms with Gasteiger partial charge in [-0.25, -0.2) is 4.79 Å². The number of carbonyl (C=O) groups is 2. The van der Waals surface area contributed by atoms with E-state index in [-0.39, 0.29) is 30.2 Å². The molecule has 1 aliphatic heterocycles. The van der Waals surface area contributed by atoms with Gasteiger partial charge in [0, 0.05) is 5.92 Å². The third-order valence-electron chi connectivity index (χ3n) is 5.59. The van der Waals surface area contributed by atoms with Gasteiger partial charge in [-0.2, -0.15) is 0 Å². The molecule has 0 saturated heterocycles. The highest BCUT2D eigenvalue weighted by molar-refractivity contribution is 5.92. The minimum Gasteiger partial charge on any atom is -0.460 e. The van der Waals surface area contributed by atoms with Gasteiger partial charge in [0.1, 0.15) is 0 Å². The first-order valence-electron chi connectivity index (χ1n) is 11.2. The SMILES string of the molecule is CCCCCCCCCC[C@H]1C(=O)OC(C(=O)OCC)=C[C@H]1c1ccc(C)cc1. The monoisotopic (exact) mass is 400 g/mol. The number of hydrogen-bond donors (Lipinski definition) is 0. The molecular formula is C25H36O4. The highest BCUT2D eigenvalue weighted by Gasteiger charge is 2.36. The van der Waals surface area contributed by atoms with Gasteiger partial charge in [-0.3, -0.25) is 4.79 Å². The van der Waals surface area contributed by atoms with Crippen LogP contribution in [0.25, 0.3) is 0 Å². The number of esters is 2. The van der Waals surface area contributed by atoms with E-state index >= 15 is 0 Å². The quantitative estimate of drug-likeness (QED) is 0.308. The molecule has 0 saturated carbocycles. The Balaban J connectivity index is 2.01. The molecule has 0 aromatic heterocycles. The first-order chi connectivity index (χ1) is 14.1. The molecule has 1 aromatic rings. The van der Waals surface area contributed by atoms with Crippen LogP contribution in [0.3, 0.4) is 0 Å². The second-order valence-electron chi connectivity index (χ2n) is 7.98. The number of rotatable bonds is 12. The highest BCUT2D eigenvalue weighted by atomic mass is 16.6. The molecule has 0 unspecified atom stereocenters. The van der Waals surface area contributed by atoms with E-state index in [1.165, 1.54) is 44.1 Å². The summed E-state index contributed by atoms with van der Waals surface area (Å²) in [7, 11) is 0. The van der Waals surface area contributed by atoms with Crippen molar-refractivity contribution in [3.05, 3.63) is 47.2 Å². The van der Waals surface area contributed by atoms with E-state index < -0.39 is 5.97 Å². The van der Waals surface area contributed by atoms with Gasteiger partial charge in [0.15, 0.2) is 0 Å². The van der Waals surface area contributed by atoms with Crippen LogP contribution in [0.5, 0.6) is 0 Å². The summed E-state index contributed by atoms with van der Waals surface area (Å²) >= 11 is 0. The molecule has 0 aliphatic carbocycles. The van der Waals surface area contributed by atoms with E-state index in [0.29, 0.717) is 0 Å². The molecule has 0 bridgehead atoms. The van der Waals surface area contributed by atoms with Gasteiger partial charge in [-0.15, -0.1) is 0 Å². The lowest BCUT2D eigenvalue weighted by molar-refractivity contribution is -0.156. The van der Waals surface area contributed by atoms with Crippen LogP contribution in [0, 0.1) is 12.8 Å². The Bertz CT molecular complexity index is 675. The number of unbranched alkanes of at least 4 members (excludes halogenated alkanes) is 7. The smallest absolute Gasteiger partial charge is 0.374 e. The predicted molar refractivity (Wildman–Crippen MR) is 115 cm³/mol. The second kappa shape index (κ2) is 12.5. The normalized spacial score (nSPS) is 18.9. The van der Waals surface area contributed by atoms with E-state index in [0.717, 1.165) is 24.8 Å². The van der Waals surface area contributed by atoms with Gasteiger partial charge in [0.25, 0.3) is 0 Å². The molecule has 0 amide bonds. The van der Waals surface area contributed by atoms with Crippen molar-refractivity contribution in [2.75, 3.05) is 6.61 Å². The summed E-state index contributed by atoms with van der Waals surface area (Å²) in [5.41, 5.74) is 2.21. The summed E-state index contributed by atoms with van der Waals surface area (Å²) in [6, 6.07) is 8.16. The van der Waals surface area contributed by atoms with Gasteiger partial charge in [-0.05, 0) is 31.9 Å². The average Bonchev–Trinajstić information content (AvgIpc) is 2.71. The number of cyclic esters (lactones) is 1. The van der Waals surface area contributed by atoms with Crippen molar-refractivity contribution >= 4 is 11.9 Å². The van der Waals surface area contributed by atoms with Crippen LogP contribution in [0.2, 0.25) is 0 Å². The molecular weight excluding hydrogens is 364 g/mol. The lowest BCUT2D eigenvalue weighted by atomic mass is 9.80. The minimum atomic E-state index is -0.566. The van der Waals surface area contributed by atoms with Gasteiger partial charge >= 0.3 is 11.9 Å². The molecule has 4 nitrogen and oxygen atoms in total. The summed E-state index contributed by atoms with van der Waals surface area (Å²) in [6.45, 7) is 6.27. The summed E-state index contributed by atoms with van der Waals surface area (Å²) in [6.07, 6.45) is 12.4. The molecule has 4 heteroatoms. The Hall–Kier alpha value is -2.10. The van der Waals surface area contributed by atoms with Crippen molar-refractivity contribution in [3.63, 3.8) is 0 Å². The van der Waals surface area contributed by atoms with Crippen molar-refractivity contribution < 1.29 is 19.1 Å². The van der Waals surface area contributed by atoms with Crippen molar-refractivity contribution in [2.45, 2.75) is 84.5 Å². The minimum absolute atomic E-state index is 0.0228. The van der Waals surface area contributed by atoms with Crippen molar-refractivity contribution in [3.8, 4) is 0 Å². The lowest BCUT2D eigenvalue weighted by Crippen LogP contribution is -2.30. The third kappa shape index (κ3) is 7.34. The van der Waals surface area contributed by atoms with Crippen LogP contribution in [0.1, 0.15) is 88.7 Å². The Kier molecular flexibility index (Phi) is 9.96. The standard InChI is InChI=1S/C25H36O4/c1-4-6-7-8-9-10-11-12-13-21-22(20-16-14-19(3)15-17-20)18-23(29-24(21)26)25(27)28-5-2/h14-18,21-22H,4-13H2,1-3H3/t21-,22+/m1/s1. The van der Waals surface area contributed by atoms with Crippen LogP contribution in [-0.4, -0.2) is 18.5 Å². The number of benzene rings is 1. The largest absolute Gasteiger partial charge is 0.460 e. The zero-order valence-corrected chi connectivity index (χ0v) is 18.2. The molecule has 1 heterocycles. The number of allylic oxidation sites excluding steroid dienone is 1. The molecule has 29 heavy (non-hydrogen) atoms. The van der Waals surface area contributed by atoms with Crippen LogP contribution in [0.4, 0.5) is 0 Å². The molecule has 0 N–H and O–H groups in total. The van der Waals surface area contributed by atoms with Crippen molar-refractivity contribution in [2.24, 2.45) is 5.92 Å². The summed E-state index contributed by atoms with van der Waals surface area (Å²) in [5, 5.41) is 0. The van der Waals surface area contributed by atoms with Crippen molar-refractivity contribution in [1.82, 2.24) is 0 Å². The zero-order valence-electron chi connectivity index (χ0n) is 18.2. The fraction of sp³-hybridized carbons (Fsp3) is 0.600.